The number of hydrogen-bond acceptors (Lipinski definition) is 7. The molecule has 0 spiro atoms. The molecule has 1 aliphatic carbocycles. The maximum atomic E-state index is 12.7. The molecule has 3 rings (SSSR count). The van der Waals surface area contributed by atoms with Gasteiger partial charge in [-0.05, 0) is 62.1 Å². The third-order valence-corrected chi connectivity index (χ3v) is 7.62. The number of amides is 1. The van der Waals surface area contributed by atoms with Crippen molar-refractivity contribution in [1.82, 2.24) is 5.32 Å². The van der Waals surface area contributed by atoms with Crippen LogP contribution in [0, 0.1) is 11.3 Å². The number of sulfone groups is 1. The Kier molecular flexibility index (Phi) is 8.83. The molecule has 1 aliphatic rings. The van der Waals surface area contributed by atoms with Crippen molar-refractivity contribution in [1.29, 1.82) is 5.26 Å². The Balaban J connectivity index is 1.74. The molecule has 37 heavy (non-hydrogen) atoms. The maximum absolute atomic E-state index is 12.7. The Bertz CT molecular complexity index is 1300. The van der Waals surface area contributed by atoms with E-state index in [4.69, 9.17) is 11.5 Å². The van der Waals surface area contributed by atoms with Crippen LogP contribution in [-0.4, -0.2) is 37.5 Å². The lowest BCUT2D eigenvalue weighted by molar-refractivity contribution is -0.114. The number of carbonyl (C=O) groups is 1. The summed E-state index contributed by atoms with van der Waals surface area (Å²) in [6.07, 6.45) is 4.45. The first-order valence-corrected chi connectivity index (χ1v) is 13.0. The zero-order valence-electron chi connectivity index (χ0n) is 19.9. The zero-order chi connectivity index (χ0) is 27.1. The molecule has 0 bridgehead atoms. The number of nitrogens with two attached hydrogens (primary N) is 2. The van der Waals surface area contributed by atoms with Crippen molar-refractivity contribution in [2.75, 3.05) is 5.32 Å². The molecule has 0 atom stereocenters. The fourth-order valence-corrected chi connectivity index (χ4v) is 4.84. The van der Waals surface area contributed by atoms with Gasteiger partial charge >= 0.3 is 5.76 Å². The minimum Gasteiger partial charge on any atom is -0.384 e. The van der Waals surface area contributed by atoms with Gasteiger partial charge in [-0.1, -0.05) is 18.2 Å². The standard InChI is InChI=1S/C25H28F2N6O3S/c26-24(27)37(35,36)20-8-6-18(7-9-20)33-22(29)21(23(30)34)16-31-25(14-15-28)12-10-19(11-13-25)32-17-4-2-1-3-5-17/h1-9,16,19,24,31-32H,10-14H2,(H2,29,33)(H2,30,34)/b21-16+. The van der Waals surface area contributed by atoms with Crippen molar-refractivity contribution < 1.29 is 22.0 Å². The lowest BCUT2D eigenvalue weighted by Gasteiger charge is -2.40. The lowest BCUT2D eigenvalue weighted by atomic mass is 9.77. The van der Waals surface area contributed by atoms with E-state index in [2.05, 4.69) is 21.7 Å². The molecule has 0 unspecified atom stereocenters. The molecule has 1 saturated carbocycles. The number of primary amides is 1. The zero-order valence-corrected chi connectivity index (χ0v) is 20.7. The fraction of sp³-hybridized carbons (Fsp3) is 0.320. The summed E-state index contributed by atoms with van der Waals surface area (Å²) in [4.78, 5) is 15.6. The largest absolute Gasteiger partial charge is 0.384 e. The Morgan fingerprint density at radius 2 is 1.76 bits per heavy atom. The van der Waals surface area contributed by atoms with Crippen molar-refractivity contribution in [2.24, 2.45) is 16.5 Å². The molecule has 0 aliphatic heterocycles. The van der Waals surface area contributed by atoms with E-state index in [0.717, 1.165) is 30.7 Å². The van der Waals surface area contributed by atoms with Gasteiger partial charge in [-0.3, -0.25) is 4.79 Å². The molecule has 9 nitrogen and oxygen atoms in total. The van der Waals surface area contributed by atoms with Crippen LogP contribution < -0.4 is 22.1 Å². The molecule has 6 N–H and O–H groups in total. The quantitative estimate of drug-likeness (QED) is 0.208. The molecular weight excluding hydrogens is 502 g/mol. The van der Waals surface area contributed by atoms with Crippen LogP contribution in [0.2, 0.25) is 0 Å². The number of rotatable bonds is 10. The molecule has 0 aromatic heterocycles. The van der Waals surface area contributed by atoms with Crippen LogP contribution in [-0.2, 0) is 14.6 Å². The number of halogens is 2. The average Bonchev–Trinajstić information content (AvgIpc) is 2.86. The van der Waals surface area contributed by atoms with Gasteiger partial charge in [0.25, 0.3) is 5.91 Å². The predicted octanol–water partition coefficient (Wildman–Crippen LogP) is 3.34. The van der Waals surface area contributed by atoms with Crippen LogP contribution in [0.3, 0.4) is 0 Å². The van der Waals surface area contributed by atoms with Crippen molar-refractivity contribution >= 4 is 33.0 Å². The summed E-state index contributed by atoms with van der Waals surface area (Å²) in [5.41, 5.74) is 11.9. The minimum absolute atomic E-state index is 0.133. The molecule has 1 fully saturated rings. The number of nitrogens with one attached hydrogen (secondary N) is 2. The number of nitriles is 1. The van der Waals surface area contributed by atoms with Crippen LogP contribution in [0.25, 0.3) is 0 Å². The summed E-state index contributed by atoms with van der Waals surface area (Å²) < 4.78 is 48.6. The predicted molar refractivity (Wildman–Crippen MR) is 137 cm³/mol. The fourth-order valence-electron chi connectivity index (χ4n) is 4.12. The van der Waals surface area contributed by atoms with Crippen LogP contribution in [0.4, 0.5) is 20.2 Å². The number of para-hydroxylation sites is 1. The Labute approximate surface area is 214 Å². The van der Waals surface area contributed by atoms with Gasteiger partial charge in [0.05, 0.1) is 28.6 Å². The number of amidine groups is 1. The van der Waals surface area contributed by atoms with Gasteiger partial charge < -0.3 is 22.1 Å². The van der Waals surface area contributed by atoms with Crippen molar-refractivity contribution in [3.63, 3.8) is 0 Å². The highest BCUT2D eigenvalue weighted by Crippen LogP contribution is 2.33. The second kappa shape index (κ2) is 11.8. The van der Waals surface area contributed by atoms with Crippen molar-refractivity contribution in [3.8, 4) is 6.07 Å². The minimum atomic E-state index is -4.75. The summed E-state index contributed by atoms with van der Waals surface area (Å²) in [6, 6.07) is 16.6. The lowest BCUT2D eigenvalue weighted by Crippen LogP contribution is -2.48. The molecule has 0 saturated heterocycles. The first-order chi connectivity index (χ1) is 17.6. The third-order valence-electron chi connectivity index (χ3n) is 6.22. The summed E-state index contributed by atoms with van der Waals surface area (Å²) in [5, 5.41) is 16.1. The number of hydrogen-bond donors (Lipinski definition) is 4. The first kappa shape index (κ1) is 27.6. The van der Waals surface area contributed by atoms with Gasteiger partial charge in [0.2, 0.25) is 9.84 Å². The van der Waals surface area contributed by atoms with E-state index in [0.29, 0.717) is 12.8 Å². The summed E-state index contributed by atoms with van der Waals surface area (Å²) in [6.45, 7) is 0. The second-order valence-corrected chi connectivity index (χ2v) is 10.7. The molecule has 0 radical (unpaired) electrons. The van der Waals surface area contributed by atoms with E-state index in [-0.39, 0.29) is 29.6 Å². The Hall–Kier alpha value is -3.98. The molecule has 2 aromatic carbocycles. The van der Waals surface area contributed by atoms with Gasteiger partial charge in [-0.2, -0.15) is 14.0 Å². The van der Waals surface area contributed by atoms with E-state index >= 15 is 0 Å². The van der Waals surface area contributed by atoms with Gasteiger partial charge in [0.1, 0.15) is 5.84 Å². The summed E-state index contributed by atoms with van der Waals surface area (Å²) >= 11 is 0. The maximum Gasteiger partial charge on any atom is 0.341 e. The second-order valence-electron chi connectivity index (χ2n) is 8.76. The molecule has 1 amide bonds. The van der Waals surface area contributed by atoms with Crippen molar-refractivity contribution in [3.05, 3.63) is 66.4 Å². The monoisotopic (exact) mass is 530 g/mol. The molecule has 196 valence electrons. The Morgan fingerprint density at radius 3 is 2.30 bits per heavy atom. The molecule has 12 heteroatoms. The van der Waals surface area contributed by atoms with E-state index in [9.17, 15) is 27.3 Å². The van der Waals surface area contributed by atoms with Crippen LogP contribution >= 0.6 is 0 Å². The highest BCUT2D eigenvalue weighted by Gasteiger charge is 2.35. The first-order valence-electron chi connectivity index (χ1n) is 11.5. The van der Waals surface area contributed by atoms with E-state index in [1.54, 1.807) is 0 Å². The molecule has 2 aromatic rings. The third kappa shape index (κ3) is 7.04. The van der Waals surface area contributed by atoms with Crippen LogP contribution in [0.15, 0.2) is 76.3 Å². The van der Waals surface area contributed by atoms with Gasteiger partial charge in [-0.25, -0.2) is 13.4 Å². The number of anilines is 1. The number of benzene rings is 2. The number of nitrogens with zero attached hydrogens (tertiary/aromatic N) is 2. The number of aliphatic imine (C=N–C) groups is 1. The number of alkyl halides is 2. The van der Waals surface area contributed by atoms with Gasteiger partial charge in [0.15, 0.2) is 0 Å². The Morgan fingerprint density at radius 1 is 1.14 bits per heavy atom. The molecular formula is C25H28F2N6O3S. The topological polar surface area (TPSA) is 163 Å². The molecule has 0 heterocycles. The van der Waals surface area contributed by atoms with Crippen molar-refractivity contribution in [2.45, 2.75) is 54.3 Å². The average molecular weight is 531 g/mol. The smallest absolute Gasteiger partial charge is 0.341 e. The summed E-state index contributed by atoms with van der Waals surface area (Å²) in [5.74, 6) is -4.67. The normalized spacial score (nSPS) is 20.8. The highest BCUT2D eigenvalue weighted by atomic mass is 32.2. The summed E-state index contributed by atoms with van der Waals surface area (Å²) in [7, 11) is -4.75. The van der Waals surface area contributed by atoms with E-state index in [1.807, 2.05) is 30.3 Å². The van der Waals surface area contributed by atoms with Gasteiger partial charge in [-0.15, -0.1) is 0 Å². The van der Waals surface area contributed by atoms with Gasteiger partial charge in [0, 0.05) is 23.5 Å². The SMILES string of the molecule is N#CCC1(N/C=C(/C(N)=O)C(N)=Nc2ccc(S(=O)(=O)C(F)F)cc2)CCC(Nc2ccccc2)CC1. The van der Waals surface area contributed by atoms with Crippen LogP contribution in [0.1, 0.15) is 32.1 Å². The van der Waals surface area contributed by atoms with E-state index in [1.165, 1.54) is 18.3 Å². The van der Waals surface area contributed by atoms with Crippen LogP contribution in [0.5, 0.6) is 0 Å². The highest BCUT2D eigenvalue weighted by molar-refractivity contribution is 7.91. The van der Waals surface area contributed by atoms with E-state index < -0.39 is 31.9 Å². The number of carbonyl (C=O) groups excluding carboxylic acids is 1.